The summed E-state index contributed by atoms with van der Waals surface area (Å²) in [6, 6.07) is 7.17. The van der Waals surface area contributed by atoms with Gasteiger partial charge in [0.1, 0.15) is 10.6 Å². The zero-order chi connectivity index (χ0) is 21.1. The Morgan fingerprint density at radius 3 is 2.83 bits per heavy atom. The standard InChI is InChI=1S/C22H24N2O4S2/c1-27-12-11-24-21(26)19-15-8-4-6-10-18(15)30-20(19)23-22(24)29-13-16(25)14-7-3-5-9-17(14)28-2/h3,5,7,9H,4,6,8,10-13H2,1-2H3. The molecule has 0 fully saturated rings. The second-order valence-electron chi connectivity index (χ2n) is 7.15. The molecule has 6 nitrogen and oxygen atoms in total. The summed E-state index contributed by atoms with van der Waals surface area (Å²) in [5.74, 6) is 0.668. The van der Waals surface area contributed by atoms with Crippen LogP contribution in [0.1, 0.15) is 33.6 Å². The molecule has 0 radical (unpaired) electrons. The van der Waals surface area contributed by atoms with Gasteiger partial charge in [-0.15, -0.1) is 11.3 Å². The summed E-state index contributed by atoms with van der Waals surface area (Å²) in [5, 5.41) is 1.32. The predicted octanol–water partition coefficient (Wildman–Crippen LogP) is 3.97. The summed E-state index contributed by atoms with van der Waals surface area (Å²) in [6.07, 6.45) is 4.23. The number of carbonyl (C=O) groups is 1. The third-order valence-electron chi connectivity index (χ3n) is 5.30. The highest BCUT2D eigenvalue weighted by Crippen LogP contribution is 2.35. The average Bonchev–Trinajstić information content (AvgIpc) is 3.15. The highest BCUT2D eigenvalue weighted by atomic mass is 32.2. The number of carbonyl (C=O) groups excluding carboxylic acids is 1. The lowest BCUT2D eigenvalue weighted by Gasteiger charge is -2.13. The number of ketones is 1. The quantitative estimate of drug-likeness (QED) is 0.297. The fourth-order valence-electron chi connectivity index (χ4n) is 3.79. The zero-order valence-electron chi connectivity index (χ0n) is 17.1. The SMILES string of the molecule is COCCn1c(SCC(=O)c2ccccc2OC)nc2sc3c(c2c1=O)CCCC3. The average molecular weight is 445 g/mol. The lowest BCUT2D eigenvalue weighted by atomic mass is 9.97. The summed E-state index contributed by atoms with van der Waals surface area (Å²) in [6.45, 7) is 0.821. The molecule has 4 rings (SSSR count). The number of rotatable bonds is 8. The zero-order valence-corrected chi connectivity index (χ0v) is 18.7. The van der Waals surface area contributed by atoms with Crippen LogP contribution in [0.3, 0.4) is 0 Å². The van der Waals surface area contributed by atoms with Gasteiger partial charge in [0.15, 0.2) is 10.9 Å². The molecular weight excluding hydrogens is 420 g/mol. The summed E-state index contributed by atoms with van der Waals surface area (Å²) in [7, 11) is 3.16. The number of hydrogen-bond acceptors (Lipinski definition) is 7. The molecule has 0 aliphatic heterocycles. The van der Waals surface area contributed by atoms with Crippen LogP contribution in [-0.2, 0) is 24.1 Å². The molecule has 0 atom stereocenters. The van der Waals surface area contributed by atoms with Crippen molar-refractivity contribution in [2.45, 2.75) is 37.4 Å². The van der Waals surface area contributed by atoms with Crippen molar-refractivity contribution in [3.63, 3.8) is 0 Å². The maximum absolute atomic E-state index is 13.4. The van der Waals surface area contributed by atoms with Gasteiger partial charge in [0, 0.05) is 12.0 Å². The van der Waals surface area contributed by atoms with Crippen molar-refractivity contribution in [1.29, 1.82) is 0 Å². The molecule has 0 N–H and O–H groups in total. The van der Waals surface area contributed by atoms with Gasteiger partial charge in [0.2, 0.25) is 0 Å². The summed E-state index contributed by atoms with van der Waals surface area (Å²) in [5.41, 5.74) is 1.68. The molecule has 0 saturated heterocycles. The molecule has 30 heavy (non-hydrogen) atoms. The lowest BCUT2D eigenvalue weighted by Crippen LogP contribution is -2.26. The van der Waals surface area contributed by atoms with Crippen LogP contribution in [0, 0.1) is 0 Å². The van der Waals surface area contributed by atoms with Gasteiger partial charge >= 0.3 is 0 Å². The van der Waals surface area contributed by atoms with Crippen LogP contribution < -0.4 is 10.3 Å². The maximum Gasteiger partial charge on any atom is 0.263 e. The van der Waals surface area contributed by atoms with Gasteiger partial charge in [-0.25, -0.2) is 4.98 Å². The van der Waals surface area contributed by atoms with E-state index in [0.717, 1.165) is 35.9 Å². The van der Waals surface area contributed by atoms with Crippen molar-refractivity contribution >= 4 is 39.1 Å². The van der Waals surface area contributed by atoms with E-state index in [-0.39, 0.29) is 17.1 Å². The molecule has 0 saturated carbocycles. The van der Waals surface area contributed by atoms with E-state index in [2.05, 4.69) is 0 Å². The number of aromatic nitrogens is 2. The van der Waals surface area contributed by atoms with Crippen LogP contribution in [0.5, 0.6) is 5.75 Å². The fourth-order valence-corrected chi connectivity index (χ4v) is 6.00. The number of ether oxygens (including phenoxy) is 2. The fraction of sp³-hybridized carbons (Fsp3) is 0.409. The van der Waals surface area contributed by atoms with Gasteiger partial charge in [-0.3, -0.25) is 14.2 Å². The molecule has 2 heterocycles. The first kappa shape index (κ1) is 21.1. The Morgan fingerprint density at radius 2 is 2.03 bits per heavy atom. The monoisotopic (exact) mass is 444 g/mol. The van der Waals surface area contributed by atoms with E-state index in [1.54, 1.807) is 42.3 Å². The number of methoxy groups -OCH3 is 2. The molecule has 1 aliphatic rings. The number of thiophene rings is 1. The van der Waals surface area contributed by atoms with Crippen molar-refractivity contribution < 1.29 is 14.3 Å². The van der Waals surface area contributed by atoms with E-state index >= 15 is 0 Å². The minimum atomic E-state index is -0.0597. The Morgan fingerprint density at radius 1 is 1.23 bits per heavy atom. The third kappa shape index (κ3) is 4.04. The highest BCUT2D eigenvalue weighted by Gasteiger charge is 2.23. The van der Waals surface area contributed by atoms with Gasteiger partial charge in [-0.1, -0.05) is 23.9 Å². The number of aryl methyl sites for hydroxylation is 2. The number of benzene rings is 1. The number of para-hydroxylation sites is 1. The molecule has 0 amide bonds. The highest BCUT2D eigenvalue weighted by molar-refractivity contribution is 7.99. The van der Waals surface area contributed by atoms with E-state index in [9.17, 15) is 9.59 Å². The number of thioether (sulfide) groups is 1. The Balaban J connectivity index is 1.68. The molecule has 2 aromatic heterocycles. The van der Waals surface area contributed by atoms with Crippen LogP contribution >= 0.6 is 23.1 Å². The molecular formula is C22H24N2O4S2. The molecule has 158 valence electrons. The first-order valence-electron chi connectivity index (χ1n) is 9.97. The van der Waals surface area contributed by atoms with Gasteiger partial charge in [0.25, 0.3) is 5.56 Å². The molecule has 8 heteroatoms. The van der Waals surface area contributed by atoms with E-state index < -0.39 is 0 Å². The van der Waals surface area contributed by atoms with Crippen molar-refractivity contribution in [2.24, 2.45) is 0 Å². The number of nitrogens with zero attached hydrogens (tertiary/aromatic N) is 2. The van der Waals surface area contributed by atoms with Gasteiger partial charge < -0.3 is 9.47 Å². The van der Waals surface area contributed by atoms with Crippen LogP contribution in [0.2, 0.25) is 0 Å². The molecule has 0 spiro atoms. The lowest BCUT2D eigenvalue weighted by molar-refractivity contribution is 0.101. The van der Waals surface area contributed by atoms with Gasteiger partial charge in [-0.05, 0) is 43.4 Å². The molecule has 1 aliphatic carbocycles. The van der Waals surface area contributed by atoms with E-state index in [1.807, 2.05) is 12.1 Å². The van der Waals surface area contributed by atoms with Crippen LogP contribution in [0.25, 0.3) is 10.2 Å². The smallest absolute Gasteiger partial charge is 0.263 e. The molecule has 0 bridgehead atoms. The summed E-state index contributed by atoms with van der Waals surface area (Å²) < 4.78 is 12.2. The minimum absolute atomic E-state index is 0.0244. The normalized spacial score (nSPS) is 13.4. The Kier molecular flexibility index (Phi) is 6.55. The first-order valence-corrected chi connectivity index (χ1v) is 11.8. The number of fused-ring (bicyclic) bond motifs is 3. The largest absolute Gasteiger partial charge is 0.496 e. The van der Waals surface area contributed by atoms with Gasteiger partial charge in [0.05, 0.1) is 37.0 Å². The Hall–Kier alpha value is -2.16. The van der Waals surface area contributed by atoms with E-state index in [0.29, 0.717) is 29.6 Å². The third-order valence-corrected chi connectivity index (χ3v) is 7.46. The molecule has 3 aromatic rings. The van der Waals surface area contributed by atoms with Crippen LogP contribution in [0.15, 0.2) is 34.2 Å². The van der Waals surface area contributed by atoms with Crippen LogP contribution in [-0.4, -0.2) is 41.9 Å². The minimum Gasteiger partial charge on any atom is -0.496 e. The topological polar surface area (TPSA) is 70.4 Å². The molecule has 1 aromatic carbocycles. The van der Waals surface area contributed by atoms with E-state index in [1.165, 1.54) is 22.2 Å². The van der Waals surface area contributed by atoms with Gasteiger partial charge in [-0.2, -0.15) is 0 Å². The first-order chi connectivity index (χ1) is 14.6. The van der Waals surface area contributed by atoms with E-state index in [4.69, 9.17) is 14.5 Å². The number of hydrogen-bond donors (Lipinski definition) is 0. The maximum atomic E-state index is 13.4. The van der Waals surface area contributed by atoms with Crippen LogP contribution in [0.4, 0.5) is 0 Å². The number of Topliss-reactive ketones (excluding diaryl/α,β-unsaturated/α-hetero) is 1. The van der Waals surface area contributed by atoms with Crippen molar-refractivity contribution in [3.8, 4) is 5.75 Å². The predicted molar refractivity (Wildman–Crippen MR) is 120 cm³/mol. The van der Waals surface area contributed by atoms with Crippen molar-refractivity contribution in [3.05, 3.63) is 50.6 Å². The summed E-state index contributed by atoms with van der Waals surface area (Å²) >= 11 is 2.92. The van der Waals surface area contributed by atoms with Crippen molar-refractivity contribution in [2.75, 3.05) is 26.6 Å². The summed E-state index contributed by atoms with van der Waals surface area (Å²) in [4.78, 5) is 33.0. The molecule has 0 unspecified atom stereocenters. The second kappa shape index (κ2) is 9.32. The Labute approximate surface area is 183 Å². The van der Waals surface area contributed by atoms with Crippen molar-refractivity contribution in [1.82, 2.24) is 9.55 Å². The second-order valence-corrected chi connectivity index (χ2v) is 9.17. The Bertz CT molecular complexity index is 1140.